The fraction of sp³-hybridized carbons (Fsp3) is 0.167. The summed E-state index contributed by atoms with van der Waals surface area (Å²) in [4.78, 5) is 4.29. The minimum atomic E-state index is -0.355. The van der Waals surface area contributed by atoms with E-state index in [2.05, 4.69) is 25.8 Å². The molecule has 0 fully saturated rings. The largest absolute Gasteiger partial charge is 0.496 e. The van der Waals surface area contributed by atoms with Crippen LogP contribution < -0.4 is 15.4 Å². The van der Waals surface area contributed by atoms with E-state index < -0.39 is 0 Å². The third kappa shape index (κ3) is 4.41. The quantitative estimate of drug-likeness (QED) is 0.687. The number of hydrogen-bond donors (Lipinski definition) is 2. The van der Waals surface area contributed by atoms with Gasteiger partial charge in [0.15, 0.2) is 5.82 Å². The molecule has 0 aliphatic heterocycles. The van der Waals surface area contributed by atoms with Gasteiger partial charge in [-0.2, -0.15) is 10.1 Å². The lowest BCUT2D eigenvalue weighted by molar-refractivity contribution is 0.410. The van der Waals surface area contributed by atoms with Crippen molar-refractivity contribution in [3.8, 4) is 5.75 Å². The number of rotatable bonds is 7. The number of para-hydroxylation sites is 2. The minimum absolute atomic E-state index is 0.336. The monoisotopic (exact) mass is 339 g/mol. The fourth-order valence-corrected chi connectivity index (χ4v) is 2.36. The van der Waals surface area contributed by atoms with Crippen molar-refractivity contribution in [1.29, 1.82) is 0 Å². The zero-order chi connectivity index (χ0) is 17.5. The van der Waals surface area contributed by atoms with Crippen LogP contribution in [0.3, 0.4) is 0 Å². The first-order chi connectivity index (χ1) is 12.3. The van der Waals surface area contributed by atoms with E-state index in [0.29, 0.717) is 24.0 Å². The molecule has 2 N–H and O–H groups in total. The van der Waals surface area contributed by atoms with Gasteiger partial charge in [-0.3, -0.25) is 0 Å². The number of nitrogens with one attached hydrogen (secondary N) is 2. The molecule has 0 amide bonds. The van der Waals surface area contributed by atoms with Crippen molar-refractivity contribution < 1.29 is 9.13 Å². The average Bonchev–Trinajstić information content (AvgIpc) is 2.64. The topological polar surface area (TPSA) is 72.0 Å². The first kappa shape index (κ1) is 16.6. The van der Waals surface area contributed by atoms with Crippen LogP contribution in [0.25, 0.3) is 0 Å². The van der Waals surface area contributed by atoms with Crippen LogP contribution in [0.4, 0.5) is 21.8 Å². The number of ether oxygens (including phenoxy) is 1. The van der Waals surface area contributed by atoms with Gasteiger partial charge in [0, 0.05) is 6.54 Å². The van der Waals surface area contributed by atoms with E-state index in [0.717, 1.165) is 17.7 Å². The predicted molar refractivity (Wildman–Crippen MR) is 94.7 cm³/mol. The summed E-state index contributed by atoms with van der Waals surface area (Å²) < 4.78 is 19.0. The Kier molecular flexibility index (Phi) is 5.36. The van der Waals surface area contributed by atoms with Gasteiger partial charge in [-0.15, -0.1) is 5.10 Å². The molecule has 0 aliphatic rings. The summed E-state index contributed by atoms with van der Waals surface area (Å²) in [7, 11) is 1.65. The molecule has 2 aromatic carbocycles. The van der Waals surface area contributed by atoms with Crippen LogP contribution in [0.5, 0.6) is 5.75 Å². The van der Waals surface area contributed by atoms with Crippen LogP contribution in [0, 0.1) is 5.82 Å². The molecule has 6 nitrogen and oxygen atoms in total. The van der Waals surface area contributed by atoms with E-state index >= 15 is 0 Å². The second-order valence-corrected chi connectivity index (χ2v) is 5.26. The Morgan fingerprint density at radius 3 is 2.72 bits per heavy atom. The zero-order valence-corrected chi connectivity index (χ0v) is 13.7. The number of benzene rings is 2. The van der Waals surface area contributed by atoms with E-state index in [9.17, 15) is 4.39 Å². The molecule has 0 atom stereocenters. The normalized spacial score (nSPS) is 10.3. The molecule has 0 unspecified atom stereocenters. The first-order valence-electron chi connectivity index (χ1n) is 7.83. The highest BCUT2D eigenvalue weighted by molar-refractivity contribution is 5.56. The van der Waals surface area contributed by atoms with Gasteiger partial charge in [0.2, 0.25) is 5.95 Å². The Labute approximate surface area is 145 Å². The first-order valence-corrected chi connectivity index (χ1v) is 7.83. The summed E-state index contributed by atoms with van der Waals surface area (Å²) in [5.41, 5.74) is 1.43. The van der Waals surface area contributed by atoms with Crippen molar-refractivity contribution in [3.63, 3.8) is 0 Å². The fourth-order valence-electron chi connectivity index (χ4n) is 2.36. The molecule has 128 valence electrons. The smallest absolute Gasteiger partial charge is 0.244 e. The van der Waals surface area contributed by atoms with Crippen molar-refractivity contribution in [3.05, 3.63) is 66.1 Å². The summed E-state index contributed by atoms with van der Waals surface area (Å²) in [6.45, 7) is 0.616. The zero-order valence-electron chi connectivity index (χ0n) is 13.7. The lowest BCUT2D eigenvalue weighted by Crippen LogP contribution is -2.10. The number of methoxy groups -OCH3 is 1. The summed E-state index contributed by atoms with van der Waals surface area (Å²) in [6, 6.07) is 14.2. The van der Waals surface area contributed by atoms with Crippen LogP contribution >= 0.6 is 0 Å². The molecule has 25 heavy (non-hydrogen) atoms. The molecule has 0 saturated heterocycles. The van der Waals surface area contributed by atoms with Crippen molar-refractivity contribution in [2.75, 3.05) is 24.3 Å². The van der Waals surface area contributed by atoms with Gasteiger partial charge < -0.3 is 15.4 Å². The van der Waals surface area contributed by atoms with Gasteiger partial charge in [-0.1, -0.05) is 30.3 Å². The Bertz CT molecular complexity index is 843. The van der Waals surface area contributed by atoms with Crippen molar-refractivity contribution in [2.24, 2.45) is 0 Å². The van der Waals surface area contributed by atoms with Crippen LogP contribution in [0.15, 0.2) is 54.7 Å². The highest BCUT2D eigenvalue weighted by atomic mass is 19.1. The highest BCUT2D eigenvalue weighted by Crippen LogP contribution is 2.19. The molecule has 7 heteroatoms. The predicted octanol–water partition coefficient (Wildman–Crippen LogP) is 3.42. The summed E-state index contributed by atoms with van der Waals surface area (Å²) in [5, 5.41) is 13.8. The number of aromatic nitrogens is 3. The Morgan fingerprint density at radius 1 is 1.08 bits per heavy atom. The number of halogens is 1. The van der Waals surface area contributed by atoms with Crippen LogP contribution in [-0.4, -0.2) is 28.8 Å². The molecule has 0 spiro atoms. The van der Waals surface area contributed by atoms with Gasteiger partial charge >= 0.3 is 0 Å². The number of nitrogens with zero attached hydrogens (tertiary/aromatic N) is 3. The van der Waals surface area contributed by atoms with Gasteiger partial charge in [0.1, 0.15) is 11.6 Å². The molecule has 1 heterocycles. The van der Waals surface area contributed by atoms with Crippen molar-refractivity contribution >= 4 is 17.5 Å². The van der Waals surface area contributed by atoms with Crippen molar-refractivity contribution in [1.82, 2.24) is 15.2 Å². The standard InChI is InChI=1S/C18H18FN5O/c1-25-16-9-5-2-6-13(16)10-11-20-18-23-17(12-21-24-18)22-15-8-4-3-7-14(15)19/h2-9,12H,10-11H2,1H3,(H2,20,22,23,24). The Hall–Kier alpha value is -3.22. The molecule has 0 saturated carbocycles. The maximum absolute atomic E-state index is 13.7. The Balaban J connectivity index is 1.61. The molecule has 0 bridgehead atoms. The molecular weight excluding hydrogens is 321 g/mol. The van der Waals surface area contributed by atoms with Crippen molar-refractivity contribution in [2.45, 2.75) is 6.42 Å². The maximum atomic E-state index is 13.7. The van der Waals surface area contributed by atoms with Crippen LogP contribution in [0.2, 0.25) is 0 Å². The molecule has 3 aromatic rings. The highest BCUT2D eigenvalue weighted by Gasteiger charge is 2.05. The van der Waals surface area contributed by atoms with Crippen LogP contribution in [-0.2, 0) is 6.42 Å². The summed E-state index contributed by atoms with van der Waals surface area (Å²) in [5.74, 6) is 1.28. The van der Waals surface area contributed by atoms with E-state index in [1.54, 1.807) is 25.3 Å². The SMILES string of the molecule is COc1ccccc1CCNc1nncc(Nc2ccccc2F)n1. The molecule has 1 aromatic heterocycles. The maximum Gasteiger partial charge on any atom is 0.244 e. The lowest BCUT2D eigenvalue weighted by atomic mass is 10.1. The third-order valence-corrected chi connectivity index (χ3v) is 3.57. The lowest BCUT2D eigenvalue weighted by Gasteiger charge is -2.10. The van der Waals surface area contributed by atoms with Gasteiger partial charge in [-0.25, -0.2) is 4.39 Å². The van der Waals surface area contributed by atoms with E-state index in [4.69, 9.17) is 4.74 Å². The number of anilines is 3. The molecular formula is C18H18FN5O. The van der Waals surface area contributed by atoms with E-state index in [1.165, 1.54) is 12.3 Å². The minimum Gasteiger partial charge on any atom is -0.496 e. The average molecular weight is 339 g/mol. The second-order valence-electron chi connectivity index (χ2n) is 5.26. The summed E-state index contributed by atoms with van der Waals surface area (Å²) in [6.07, 6.45) is 2.19. The molecule has 3 rings (SSSR count). The van der Waals surface area contributed by atoms with Gasteiger partial charge in [0.25, 0.3) is 0 Å². The van der Waals surface area contributed by atoms with E-state index in [-0.39, 0.29) is 5.82 Å². The van der Waals surface area contributed by atoms with Gasteiger partial charge in [-0.05, 0) is 30.2 Å². The second kappa shape index (κ2) is 8.05. The molecule has 0 aliphatic carbocycles. The molecule has 0 radical (unpaired) electrons. The Morgan fingerprint density at radius 2 is 1.88 bits per heavy atom. The van der Waals surface area contributed by atoms with Crippen LogP contribution in [0.1, 0.15) is 5.56 Å². The number of hydrogen-bond acceptors (Lipinski definition) is 6. The third-order valence-electron chi connectivity index (χ3n) is 3.57. The summed E-state index contributed by atoms with van der Waals surface area (Å²) >= 11 is 0. The van der Waals surface area contributed by atoms with E-state index in [1.807, 2.05) is 24.3 Å². The van der Waals surface area contributed by atoms with Gasteiger partial charge in [0.05, 0.1) is 19.0 Å².